The third-order valence-corrected chi connectivity index (χ3v) is 6.97. The summed E-state index contributed by atoms with van der Waals surface area (Å²) in [5.74, 6) is -7.30. The van der Waals surface area contributed by atoms with E-state index in [1.807, 2.05) is 0 Å². The van der Waals surface area contributed by atoms with Crippen molar-refractivity contribution in [1.82, 2.24) is 0 Å². The summed E-state index contributed by atoms with van der Waals surface area (Å²) in [7, 11) is -8.43. The second-order valence-electron chi connectivity index (χ2n) is 6.38. The predicted octanol–water partition coefficient (Wildman–Crippen LogP) is 0.753. The van der Waals surface area contributed by atoms with E-state index in [2.05, 4.69) is 20.8 Å². The lowest BCUT2D eigenvalue weighted by Gasteiger charge is -2.19. The lowest BCUT2D eigenvalue weighted by Crippen LogP contribution is -2.37. The maximum Gasteiger partial charge on any atom is 0.422 e. The fourth-order valence-electron chi connectivity index (χ4n) is 1.96. The van der Waals surface area contributed by atoms with Gasteiger partial charge in [0.05, 0.1) is 23.0 Å². The molecular formula is C17H25F3O10S2. The third-order valence-electron chi connectivity index (χ3n) is 3.63. The number of esters is 3. The van der Waals surface area contributed by atoms with Gasteiger partial charge in [-0.15, -0.1) is 0 Å². The summed E-state index contributed by atoms with van der Waals surface area (Å²) in [5.41, 5.74) is -1.95. The topological polar surface area (TPSA) is 147 Å². The molecule has 0 heterocycles. The standard InChI is InChI=1S/C17H25F3O10S2/c1-4-14(21)28-6-8-31(24,25)10-13(30-16(23)12(3)17(18,19)20)11-32(26,27)9-7-29-15(22)5-2/h13H,3-11H2,1-2H3. The van der Waals surface area contributed by atoms with Gasteiger partial charge in [0, 0.05) is 12.8 Å². The molecule has 0 aliphatic rings. The lowest BCUT2D eigenvalue weighted by atomic mass is 10.3. The van der Waals surface area contributed by atoms with Crippen molar-refractivity contribution < 1.29 is 58.6 Å². The summed E-state index contributed by atoms with van der Waals surface area (Å²) in [5, 5.41) is 0. The number of hydrogen-bond acceptors (Lipinski definition) is 10. The number of alkyl halides is 3. The number of carbonyl (C=O) groups excluding carboxylic acids is 3. The molecule has 0 fully saturated rings. The largest absolute Gasteiger partial charge is 0.465 e. The zero-order valence-electron chi connectivity index (χ0n) is 17.5. The smallest absolute Gasteiger partial charge is 0.422 e. The van der Waals surface area contributed by atoms with Gasteiger partial charge in [-0.2, -0.15) is 13.2 Å². The molecule has 0 aromatic heterocycles. The van der Waals surface area contributed by atoms with Crippen LogP contribution < -0.4 is 0 Å². The summed E-state index contributed by atoms with van der Waals surface area (Å²) >= 11 is 0. The van der Waals surface area contributed by atoms with Crippen molar-refractivity contribution in [2.45, 2.75) is 39.0 Å². The van der Waals surface area contributed by atoms with Crippen LogP contribution in [0.15, 0.2) is 12.2 Å². The van der Waals surface area contributed by atoms with Crippen LogP contribution >= 0.6 is 0 Å². The number of carbonyl (C=O) groups is 3. The molecule has 0 aliphatic carbocycles. The predicted molar refractivity (Wildman–Crippen MR) is 105 cm³/mol. The number of sulfone groups is 2. The average Bonchev–Trinajstić information content (AvgIpc) is 2.64. The van der Waals surface area contributed by atoms with E-state index in [0.717, 1.165) is 0 Å². The van der Waals surface area contributed by atoms with Gasteiger partial charge in [-0.3, -0.25) is 9.59 Å². The first-order valence-electron chi connectivity index (χ1n) is 9.22. The van der Waals surface area contributed by atoms with Crippen molar-refractivity contribution in [2.24, 2.45) is 0 Å². The van der Waals surface area contributed by atoms with Gasteiger partial charge in [0.1, 0.15) is 24.9 Å². The van der Waals surface area contributed by atoms with E-state index in [9.17, 15) is 44.4 Å². The summed E-state index contributed by atoms with van der Waals surface area (Å²) in [4.78, 5) is 33.8. The average molecular weight is 511 g/mol. The van der Waals surface area contributed by atoms with Crippen LogP contribution in [0.25, 0.3) is 0 Å². The highest BCUT2D eigenvalue weighted by atomic mass is 32.2. The molecule has 0 spiro atoms. The van der Waals surface area contributed by atoms with Gasteiger partial charge in [0.15, 0.2) is 19.7 Å². The van der Waals surface area contributed by atoms with Crippen molar-refractivity contribution in [2.75, 3.05) is 36.2 Å². The Morgan fingerprint density at radius 1 is 0.844 bits per heavy atom. The molecule has 0 unspecified atom stereocenters. The van der Waals surface area contributed by atoms with Gasteiger partial charge in [-0.05, 0) is 0 Å². The maximum absolute atomic E-state index is 12.6. The molecule has 0 aromatic carbocycles. The summed E-state index contributed by atoms with van der Waals surface area (Å²) in [6.07, 6.45) is -7.25. The minimum Gasteiger partial charge on any atom is -0.465 e. The van der Waals surface area contributed by atoms with E-state index in [1.165, 1.54) is 13.8 Å². The van der Waals surface area contributed by atoms with Gasteiger partial charge in [-0.25, -0.2) is 21.6 Å². The number of rotatable bonds is 14. The zero-order valence-corrected chi connectivity index (χ0v) is 19.1. The second-order valence-corrected chi connectivity index (χ2v) is 10.8. The van der Waals surface area contributed by atoms with E-state index in [4.69, 9.17) is 0 Å². The molecule has 0 N–H and O–H groups in total. The molecular weight excluding hydrogens is 485 g/mol. The molecule has 32 heavy (non-hydrogen) atoms. The molecule has 15 heteroatoms. The lowest BCUT2D eigenvalue weighted by molar-refractivity contribution is -0.153. The number of halogens is 3. The van der Waals surface area contributed by atoms with Crippen molar-refractivity contribution in [3.05, 3.63) is 12.2 Å². The first-order valence-corrected chi connectivity index (χ1v) is 12.9. The Labute approximate surface area is 183 Å². The van der Waals surface area contributed by atoms with Crippen LogP contribution in [0.2, 0.25) is 0 Å². The van der Waals surface area contributed by atoms with Crippen molar-refractivity contribution >= 4 is 37.6 Å². The maximum atomic E-state index is 12.6. The van der Waals surface area contributed by atoms with Crippen LogP contribution in [0, 0.1) is 0 Å². The fourth-order valence-corrected chi connectivity index (χ4v) is 4.62. The molecule has 0 saturated heterocycles. The van der Waals surface area contributed by atoms with Gasteiger partial charge < -0.3 is 14.2 Å². The Balaban J connectivity index is 5.38. The second kappa shape index (κ2) is 12.8. The normalized spacial score (nSPS) is 12.3. The Morgan fingerprint density at radius 2 is 1.22 bits per heavy atom. The molecule has 0 aromatic rings. The van der Waals surface area contributed by atoms with E-state index < -0.39 is 91.7 Å². The molecule has 0 bridgehead atoms. The van der Waals surface area contributed by atoms with Crippen LogP contribution in [0.5, 0.6) is 0 Å². The van der Waals surface area contributed by atoms with Crippen LogP contribution in [0.4, 0.5) is 13.2 Å². The van der Waals surface area contributed by atoms with Crippen molar-refractivity contribution in [3.8, 4) is 0 Å². The monoisotopic (exact) mass is 510 g/mol. The van der Waals surface area contributed by atoms with E-state index in [-0.39, 0.29) is 12.8 Å². The highest BCUT2D eigenvalue weighted by molar-refractivity contribution is 7.92. The minimum atomic E-state index is -5.18. The van der Waals surface area contributed by atoms with E-state index >= 15 is 0 Å². The van der Waals surface area contributed by atoms with Gasteiger partial charge >= 0.3 is 24.1 Å². The minimum absolute atomic E-state index is 0.0271. The van der Waals surface area contributed by atoms with Crippen LogP contribution in [-0.4, -0.2) is 83.2 Å². The third kappa shape index (κ3) is 12.6. The Morgan fingerprint density at radius 3 is 1.53 bits per heavy atom. The van der Waals surface area contributed by atoms with Gasteiger partial charge in [0.25, 0.3) is 0 Å². The highest BCUT2D eigenvalue weighted by Crippen LogP contribution is 2.25. The number of hydrogen-bond donors (Lipinski definition) is 0. The molecule has 0 aliphatic heterocycles. The first-order chi connectivity index (χ1) is 14.5. The number of ether oxygens (including phenoxy) is 3. The molecule has 0 atom stereocenters. The summed E-state index contributed by atoms with van der Waals surface area (Å²) in [6.45, 7) is 4.28. The SMILES string of the molecule is C=C(C(=O)OC(CS(=O)(=O)CCOC(=O)CC)CS(=O)(=O)CCOC(=O)CC)C(F)(F)F. The molecule has 186 valence electrons. The molecule has 0 radical (unpaired) electrons. The quantitative estimate of drug-likeness (QED) is 0.186. The zero-order chi connectivity index (χ0) is 25.2. The van der Waals surface area contributed by atoms with Crippen molar-refractivity contribution in [3.63, 3.8) is 0 Å². The Kier molecular flexibility index (Phi) is 11.9. The summed E-state index contributed by atoms with van der Waals surface area (Å²) in [6, 6.07) is 0. The molecule has 0 amide bonds. The van der Waals surface area contributed by atoms with Gasteiger partial charge in [0.2, 0.25) is 0 Å². The highest BCUT2D eigenvalue weighted by Gasteiger charge is 2.40. The first kappa shape index (κ1) is 29.8. The molecule has 0 saturated carbocycles. The van der Waals surface area contributed by atoms with Gasteiger partial charge in [-0.1, -0.05) is 20.4 Å². The van der Waals surface area contributed by atoms with Crippen LogP contribution in [0.3, 0.4) is 0 Å². The van der Waals surface area contributed by atoms with Crippen LogP contribution in [0.1, 0.15) is 26.7 Å². The molecule has 10 nitrogen and oxygen atoms in total. The van der Waals surface area contributed by atoms with E-state index in [0.29, 0.717) is 0 Å². The Hall–Kier alpha value is -2.16. The fraction of sp³-hybridized carbons (Fsp3) is 0.706. The van der Waals surface area contributed by atoms with Crippen molar-refractivity contribution in [1.29, 1.82) is 0 Å². The Bertz CT molecular complexity index is 838. The van der Waals surface area contributed by atoms with E-state index in [1.54, 1.807) is 0 Å². The summed E-state index contributed by atoms with van der Waals surface area (Å²) < 4.78 is 100. The van der Waals surface area contributed by atoms with Crippen LogP contribution in [-0.2, 0) is 48.3 Å². The molecule has 0 rings (SSSR count).